The Kier molecular flexibility index (Phi) is 4.81. The van der Waals surface area contributed by atoms with E-state index in [4.69, 9.17) is 0 Å². The van der Waals surface area contributed by atoms with Crippen molar-refractivity contribution in [1.29, 1.82) is 0 Å². The van der Waals surface area contributed by atoms with Crippen LogP contribution in [-0.2, 0) is 14.4 Å². The van der Waals surface area contributed by atoms with Crippen molar-refractivity contribution in [2.45, 2.75) is 32.7 Å². The van der Waals surface area contributed by atoms with Gasteiger partial charge in [0, 0.05) is 40.4 Å². The van der Waals surface area contributed by atoms with Crippen molar-refractivity contribution in [3.8, 4) is 0 Å². The lowest BCUT2D eigenvalue weighted by atomic mass is 9.91. The molecule has 1 rings (SSSR count). The molecule has 0 saturated carbocycles. The Morgan fingerprint density at radius 1 is 1.14 bits per heavy atom. The van der Waals surface area contributed by atoms with Crippen molar-refractivity contribution in [2.24, 2.45) is 0 Å². The molecule has 1 aliphatic rings. The molecule has 0 bridgehead atoms. The monoisotopic (exact) mass is 295 g/mol. The van der Waals surface area contributed by atoms with Gasteiger partial charge < -0.3 is 14.7 Å². The number of rotatable bonds is 4. The zero-order valence-electron chi connectivity index (χ0n) is 14.0. The minimum atomic E-state index is -1.33. The number of likely N-dealkylation sites (N-methyl/N-ethyl adjacent to an activating group) is 2. The van der Waals surface area contributed by atoms with Crippen LogP contribution in [0, 0.1) is 0 Å². The van der Waals surface area contributed by atoms with E-state index in [1.54, 1.807) is 46.9 Å². The molecular weight excluding hydrogens is 270 g/mol. The first-order valence-corrected chi connectivity index (χ1v) is 7.07. The molecule has 6 heteroatoms. The van der Waals surface area contributed by atoms with Crippen LogP contribution < -0.4 is 0 Å². The van der Waals surface area contributed by atoms with Crippen molar-refractivity contribution in [3.05, 3.63) is 11.3 Å². The molecule has 2 amide bonds. The van der Waals surface area contributed by atoms with Gasteiger partial charge in [-0.3, -0.25) is 14.4 Å². The first-order chi connectivity index (χ1) is 9.60. The highest BCUT2D eigenvalue weighted by Gasteiger charge is 2.55. The van der Waals surface area contributed by atoms with E-state index in [0.717, 1.165) is 6.42 Å². The van der Waals surface area contributed by atoms with Crippen molar-refractivity contribution < 1.29 is 14.4 Å². The number of nitrogens with zero attached hydrogens (tertiary/aromatic N) is 3. The summed E-state index contributed by atoms with van der Waals surface area (Å²) in [4.78, 5) is 42.2. The summed E-state index contributed by atoms with van der Waals surface area (Å²) in [6.07, 6.45) is 0.782. The van der Waals surface area contributed by atoms with Crippen LogP contribution in [0.15, 0.2) is 11.3 Å². The quantitative estimate of drug-likeness (QED) is 0.559. The van der Waals surface area contributed by atoms with Gasteiger partial charge in [-0.25, -0.2) is 0 Å². The summed E-state index contributed by atoms with van der Waals surface area (Å²) >= 11 is 0. The van der Waals surface area contributed by atoms with Gasteiger partial charge >= 0.3 is 0 Å². The van der Waals surface area contributed by atoms with Crippen molar-refractivity contribution >= 4 is 17.6 Å². The van der Waals surface area contributed by atoms with Crippen LogP contribution in [0.1, 0.15) is 27.2 Å². The van der Waals surface area contributed by atoms with Gasteiger partial charge in [0.2, 0.25) is 5.78 Å². The average Bonchev–Trinajstić information content (AvgIpc) is 2.59. The largest absolute Gasteiger partial charge is 0.354 e. The van der Waals surface area contributed by atoms with Crippen LogP contribution in [0.2, 0.25) is 0 Å². The van der Waals surface area contributed by atoms with Gasteiger partial charge in [0.05, 0.1) is 0 Å². The molecule has 0 aliphatic carbocycles. The number of ketones is 1. The highest BCUT2D eigenvalue weighted by atomic mass is 16.2. The maximum atomic E-state index is 12.8. The fourth-order valence-corrected chi connectivity index (χ4v) is 2.74. The third kappa shape index (κ3) is 2.54. The Bertz CT molecular complexity index is 508. The molecule has 21 heavy (non-hydrogen) atoms. The van der Waals surface area contributed by atoms with Crippen LogP contribution in [0.5, 0.6) is 0 Å². The van der Waals surface area contributed by atoms with E-state index in [2.05, 4.69) is 0 Å². The normalized spacial score (nSPS) is 21.9. The predicted octanol–water partition coefficient (Wildman–Crippen LogP) is 0.490. The fraction of sp³-hybridized carbons (Fsp3) is 0.667. The summed E-state index contributed by atoms with van der Waals surface area (Å²) < 4.78 is 0. The van der Waals surface area contributed by atoms with Gasteiger partial charge in [0.15, 0.2) is 5.54 Å². The van der Waals surface area contributed by atoms with Crippen LogP contribution in [-0.4, -0.2) is 72.6 Å². The lowest BCUT2D eigenvalue weighted by Gasteiger charge is -2.37. The van der Waals surface area contributed by atoms with Gasteiger partial charge in [0.25, 0.3) is 11.8 Å². The molecule has 0 aromatic carbocycles. The highest BCUT2D eigenvalue weighted by Crippen LogP contribution is 2.36. The Balaban J connectivity index is 3.42. The molecule has 1 unspecified atom stereocenters. The van der Waals surface area contributed by atoms with Gasteiger partial charge in [-0.05, 0) is 20.3 Å². The molecule has 0 aromatic heterocycles. The summed E-state index contributed by atoms with van der Waals surface area (Å²) in [6, 6.07) is 0. The van der Waals surface area contributed by atoms with E-state index in [0.29, 0.717) is 12.2 Å². The van der Waals surface area contributed by atoms with Crippen LogP contribution >= 0.6 is 0 Å². The molecule has 118 valence electrons. The number of hydrogen-bond acceptors (Lipinski definition) is 4. The second-order valence-corrected chi connectivity index (χ2v) is 5.91. The highest BCUT2D eigenvalue weighted by molar-refractivity contribution is 6.30. The molecular formula is C15H25N3O3. The molecule has 0 N–H and O–H groups in total. The van der Waals surface area contributed by atoms with E-state index in [1.807, 2.05) is 6.92 Å². The number of carbonyl (C=O) groups is 3. The molecule has 1 atom stereocenters. The first-order valence-electron chi connectivity index (χ1n) is 7.07. The molecule has 0 saturated heterocycles. The molecule has 0 fully saturated rings. The number of amides is 2. The van der Waals surface area contributed by atoms with E-state index in [1.165, 1.54) is 9.80 Å². The summed E-state index contributed by atoms with van der Waals surface area (Å²) in [5.41, 5.74) is -0.630. The van der Waals surface area contributed by atoms with Crippen LogP contribution in [0.4, 0.5) is 0 Å². The Labute approximate surface area is 126 Å². The zero-order chi connectivity index (χ0) is 16.5. The lowest BCUT2D eigenvalue weighted by molar-refractivity contribution is -0.145. The van der Waals surface area contributed by atoms with Gasteiger partial charge in [-0.15, -0.1) is 0 Å². The van der Waals surface area contributed by atoms with Crippen molar-refractivity contribution in [3.63, 3.8) is 0 Å². The lowest BCUT2D eigenvalue weighted by Crippen LogP contribution is -2.58. The number of carbonyl (C=O) groups excluding carboxylic acids is 3. The fourth-order valence-electron chi connectivity index (χ4n) is 2.74. The van der Waals surface area contributed by atoms with Crippen LogP contribution in [0.3, 0.4) is 0 Å². The van der Waals surface area contributed by atoms with Gasteiger partial charge in [-0.2, -0.15) is 0 Å². The molecule has 1 aliphatic heterocycles. The molecule has 0 radical (unpaired) electrons. The predicted molar refractivity (Wildman–Crippen MR) is 80.5 cm³/mol. The average molecular weight is 295 g/mol. The molecule has 0 aromatic rings. The number of allylic oxidation sites excluding steroid dienone is 1. The van der Waals surface area contributed by atoms with E-state index in [-0.39, 0.29) is 17.4 Å². The summed E-state index contributed by atoms with van der Waals surface area (Å²) in [7, 11) is 6.44. The second-order valence-electron chi connectivity index (χ2n) is 5.91. The smallest absolute Gasteiger partial charge is 0.258 e. The Morgan fingerprint density at radius 2 is 1.67 bits per heavy atom. The van der Waals surface area contributed by atoms with E-state index >= 15 is 0 Å². The molecule has 1 heterocycles. The van der Waals surface area contributed by atoms with Gasteiger partial charge in [-0.1, -0.05) is 6.92 Å². The first kappa shape index (κ1) is 17.2. The SMILES string of the molecule is CCCN1C(C)=C(C(=O)N(C)C)C(=O)C1(C)C(=O)N(C)C. The number of Topliss-reactive ketones (excluding diaryl/α,β-unsaturated/α-hetero) is 1. The maximum absolute atomic E-state index is 12.8. The topological polar surface area (TPSA) is 60.9 Å². The second kappa shape index (κ2) is 5.87. The third-order valence-electron chi connectivity index (χ3n) is 3.87. The Morgan fingerprint density at radius 3 is 2.05 bits per heavy atom. The molecule has 6 nitrogen and oxygen atoms in total. The van der Waals surface area contributed by atoms with E-state index < -0.39 is 11.3 Å². The Hall–Kier alpha value is -1.85. The van der Waals surface area contributed by atoms with Gasteiger partial charge in [0.1, 0.15) is 5.57 Å². The van der Waals surface area contributed by atoms with E-state index in [9.17, 15) is 14.4 Å². The minimum Gasteiger partial charge on any atom is -0.354 e. The summed E-state index contributed by atoms with van der Waals surface area (Å²) in [5.74, 6) is -1.07. The summed E-state index contributed by atoms with van der Waals surface area (Å²) in [5, 5.41) is 0. The standard InChI is InChI=1S/C15H25N3O3/c1-8-9-18-10(2)11(13(20)16(4)5)12(19)15(18,3)14(21)17(6)7/h8-9H2,1-7H3. The van der Waals surface area contributed by atoms with Crippen molar-refractivity contribution in [1.82, 2.24) is 14.7 Å². The third-order valence-corrected chi connectivity index (χ3v) is 3.87. The maximum Gasteiger partial charge on any atom is 0.258 e. The zero-order valence-corrected chi connectivity index (χ0v) is 14.0. The molecule has 0 spiro atoms. The summed E-state index contributed by atoms with van der Waals surface area (Å²) in [6.45, 7) is 5.87. The van der Waals surface area contributed by atoms with Crippen LogP contribution in [0.25, 0.3) is 0 Å². The van der Waals surface area contributed by atoms with Crippen molar-refractivity contribution in [2.75, 3.05) is 34.7 Å². The minimum absolute atomic E-state index is 0.117. The number of hydrogen-bond donors (Lipinski definition) is 0.